The van der Waals surface area contributed by atoms with Gasteiger partial charge >= 0.3 is 0 Å². The van der Waals surface area contributed by atoms with Crippen LogP contribution in [0.15, 0.2) is 79.1 Å². The molecule has 5 aromatic rings. The second-order valence-electron chi connectivity index (χ2n) is 8.03. The number of aromatic amines is 1. The lowest BCUT2D eigenvalue weighted by Crippen LogP contribution is -2.16. The summed E-state index contributed by atoms with van der Waals surface area (Å²) in [5.74, 6) is -0.376. The average molecular weight is 532 g/mol. The molecule has 0 unspecified atom stereocenters. The van der Waals surface area contributed by atoms with E-state index >= 15 is 0 Å². The number of anilines is 1. The van der Waals surface area contributed by atoms with E-state index < -0.39 is 5.91 Å². The van der Waals surface area contributed by atoms with Gasteiger partial charge in [0, 0.05) is 30.7 Å². The van der Waals surface area contributed by atoms with E-state index in [1.54, 1.807) is 36.7 Å². The van der Waals surface area contributed by atoms with Crippen molar-refractivity contribution in [1.29, 1.82) is 0 Å². The number of hydrogen-bond acceptors (Lipinski definition) is 6. The third kappa shape index (κ3) is 5.42. The van der Waals surface area contributed by atoms with Gasteiger partial charge in [-0.1, -0.05) is 47.5 Å². The molecule has 11 heteroatoms. The molecule has 0 atom stereocenters. The topological polar surface area (TPSA) is 118 Å². The maximum atomic E-state index is 13.4. The third-order valence-electron chi connectivity index (χ3n) is 5.55. The predicted octanol–water partition coefficient (Wildman–Crippen LogP) is 5.43. The van der Waals surface area contributed by atoms with Gasteiger partial charge in [0.05, 0.1) is 38.9 Å². The maximum absolute atomic E-state index is 13.4. The van der Waals surface area contributed by atoms with E-state index in [0.29, 0.717) is 39.9 Å². The van der Waals surface area contributed by atoms with Crippen LogP contribution >= 0.6 is 23.2 Å². The van der Waals surface area contributed by atoms with Crippen LogP contribution in [0, 0.1) is 0 Å². The first kappa shape index (κ1) is 24.4. The molecule has 3 aromatic heterocycles. The van der Waals surface area contributed by atoms with Crippen LogP contribution in [-0.2, 0) is 6.42 Å². The zero-order valence-corrected chi connectivity index (χ0v) is 20.7. The van der Waals surface area contributed by atoms with Gasteiger partial charge in [-0.25, -0.2) is 4.68 Å². The number of benzene rings is 2. The number of hydrogen-bond donors (Lipinski definition) is 2. The SMILES string of the molecule is O=C(CCc1cn[nH]n1)c1cc(NC(=O)c2cc(-c3ccccn3)c(Cl)cc2Cl)n(-c2ccccc2)n1. The molecule has 0 radical (unpaired) electrons. The maximum Gasteiger partial charge on any atom is 0.258 e. The number of aromatic nitrogens is 6. The van der Waals surface area contributed by atoms with Crippen molar-refractivity contribution in [2.24, 2.45) is 0 Å². The van der Waals surface area contributed by atoms with Crippen LogP contribution < -0.4 is 5.32 Å². The number of carbonyl (C=O) groups is 2. The fourth-order valence-corrected chi connectivity index (χ4v) is 4.28. The highest BCUT2D eigenvalue weighted by Crippen LogP contribution is 2.32. The number of Topliss-reactive ketones (excluding diaryl/α,β-unsaturated/α-hetero) is 1. The normalized spacial score (nSPS) is 10.9. The van der Waals surface area contributed by atoms with E-state index in [-0.39, 0.29) is 28.5 Å². The molecule has 0 aliphatic heterocycles. The Bertz CT molecular complexity index is 1550. The zero-order chi connectivity index (χ0) is 25.8. The first-order valence-electron chi connectivity index (χ1n) is 11.2. The number of nitrogens with one attached hydrogen (secondary N) is 2. The van der Waals surface area contributed by atoms with Crippen molar-refractivity contribution >= 4 is 40.7 Å². The Morgan fingerprint density at radius 2 is 1.78 bits per heavy atom. The molecule has 5 rings (SSSR count). The van der Waals surface area contributed by atoms with E-state index in [2.05, 4.69) is 30.8 Å². The number of amides is 1. The second-order valence-corrected chi connectivity index (χ2v) is 8.84. The first-order chi connectivity index (χ1) is 18.0. The molecule has 0 bridgehead atoms. The van der Waals surface area contributed by atoms with Gasteiger partial charge < -0.3 is 5.32 Å². The highest BCUT2D eigenvalue weighted by molar-refractivity contribution is 6.38. The fraction of sp³-hybridized carbons (Fsp3) is 0.0769. The summed E-state index contributed by atoms with van der Waals surface area (Å²) in [5, 5.41) is 18.1. The molecule has 1 amide bonds. The molecule has 0 aliphatic rings. The molecule has 37 heavy (non-hydrogen) atoms. The predicted molar refractivity (Wildman–Crippen MR) is 140 cm³/mol. The Morgan fingerprint density at radius 3 is 2.51 bits per heavy atom. The summed E-state index contributed by atoms with van der Waals surface area (Å²) >= 11 is 12.8. The van der Waals surface area contributed by atoms with Gasteiger partial charge in [-0.2, -0.15) is 20.5 Å². The minimum atomic E-state index is -0.488. The number of rotatable bonds is 8. The molecule has 0 fully saturated rings. The summed E-state index contributed by atoms with van der Waals surface area (Å²) in [7, 11) is 0. The van der Waals surface area contributed by atoms with Crippen LogP contribution in [0.2, 0.25) is 10.0 Å². The van der Waals surface area contributed by atoms with Crippen LogP contribution in [0.3, 0.4) is 0 Å². The minimum Gasteiger partial charge on any atom is -0.306 e. The molecule has 2 aromatic carbocycles. The molecule has 0 spiro atoms. The van der Waals surface area contributed by atoms with Crippen LogP contribution in [0.4, 0.5) is 5.82 Å². The zero-order valence-electron chi connectivity index (χ0n) is 19.2. The molecule has 0 saturated heterocycles. The summed E-state index contributed by atoms with van der Waals surface area (Å²) < 4.78 is 1.50. The Kier molecular flexibility index (Phi) is 7.07. The van der Waals surface area contributed by atoms with Crippen LogP contribution in [0.1, 0.15) is 33.0 Å². The average Bonchev–Trinajstić information content (AvgIpc) is 3.59. The number of ketones is 1. The number of aryl methyl sites for hydroxylation is 1. The summed E-state index contributed by atoms with van der Waals surface area (Å²) in [6.45, 7) is 0. The van der Waals surface area contributed by atoms with Gasteiger partial charge in [-0.15, -0.1) is 0 Å². The monoisotopic (exact) mass is 531 g/mol. The summed E-state index contributed by atoms with van der Waals surface area (Å²) in [6.07, 6.45) is 3.80. The number of para-hydroxylation sites is 1. The van der Waals surface area contributed by atoms with Crippen LogP contribution in [0.5, 0.6) is 0 Å². The summed E-state index contributed by atoms with van der Waals surface area (Å²) in [5.41, 5.74) is 2.92. The Labute approximate surface area is 221 Å². The van der Waals surface area contributed by atoms with Crippen molar-refractivity contribution in [2.75, 3.05) is 5.32 Å². The van der Waals surface area contributed by atoms with Crippen molar-refractivity contribution in [3.8, 4) is 16.9 Å². The van der Waals surface area contributed by atoms with Crippen molar-refractivity contribution in [1.82, 2.24) is 30.2 Å². The van der Waals surface area contributed by atoms with E-state index in [0.717, 1.165) is 0 Å². The summed E-state index contributed by atoms with van der Waals surface area (Å²) in [4.78, 5) is 30.6. The molecule has 184 valence electrons. The van der Waals surface area contributed by atoms with Gasteiger partial charge in [0.15, 0.2) is 5.78 Å². The number of carbonyl (C=O) groups excluding carboxylic acids is 2. The quantitative estimate of drug-likeness (QED) is 0.258. The number of nitrogens with zero attached hydrogens (tertiary/aromatic N) is 5. The van der Waals surface area contributed by atoms with Crippen molar-refractivity contribution < 1.29 is 9.59 Å². The Balaban J connectivity index is 1.46. The van der Waals surface area contributed by atoms with Gasteiger partial charge in [-0.05, 0) is 36.4 Å². The molecule has 2 N–H and O–H groups in total. The lowest BCUT2D eigenvalue weighted by Gasteiger charge is -2.12. The number of pyridine rings is 1. The highest BCUT2D eigenvalue weighted by atomic mass is 35.5. The molecule has 9 nitrogen and oxygen atoms in total. The highest BCUT2D eigenvalue weighted by Gasteiger charge is 2.21. The van der Waals surface area contributed by atoms with Gasteiger partial charge in [-0.3, -0.25) is 14.6 Å². The lowest BCUT2D eigenvalue weighted by atomic mass is 10.1. The van der Waals surface area contributed by atoms with E-state index in [1.165, 1.54) is 10.7 Å². The van der Waals surface area contributed by atoms with Gasteiger partial charge in [0.2, 0.25) is 0 Å². The van der Waals surface area contributed by atoms with E-state index in [4.69, 9.17) is 23.2 Å². The molecular formula is C26H19Cl2N7O2. The lowest BCUT2D eigenvalue weighted by molar-refractivity contribution is 0.0976. The smallest absolute Gasteiger partial charge is 0.258 e. The van der Waals surface area contributed by atoms with Crippen LogP contribution in [0.25, 0.3) is 16.9 Å². The van der Waals surface area contributed by atoms with Gasteiger partial charge in [0.25, 0.3) is 5.91 Å². The first-order valence-corrected chi connectivity index (χ1v) is 12.0. The second kappa shape index (κ2) is 10.7. The standard InChI is InChI=1S/C26H19Cl2N7O2/c27-20-13-21(28)19(12-18(20)22-8-4-5-11-29-22)26(37)31-25-14-23(24(36)10-9-16-15-30-34-32-16)33-35(25)17-6-2-1-3-7-17/h1-8,11-15H,9-10H2,(H,31,37)(H,30,32,34). The van der Waals surface area contributed by atoms with Gasteiger partial charge in [0.1, 0.15) is 11.5 Å². The minimum absolute atomic E-state index is 0.178. The Hall–Kier alpha value is -4.34. The molecular weight excluding hydrogens is 513 g/mol. The van der Waals surface area contributed by atoms with E-state index in [1.807, 2.05) is 36.4 Å². The van der Waals surface area contributed by atoms with Crippen LogP contribution in [-0.4, -0.2) is 41.9 Å². The third-order valence-corrected chi connectivity index (χ3v) is 6.18. The van der Waals surface area contributed by atoms with Crippen molar-refractivity contribution in [3.63, 3.8) is 0 Å². The number of H-pyrrole nitrogens is 1. The largest absolute Gasteiger partial charge is 0.306 e. The molecule has 3 heterocycles. The number of halogens is 2. The van der Waals surface area contributed by atoms with E-state index in [9.17, 15) is 9.59 Å². The summed E-state index contributed by atoms with van der Waals surface area (Å²) in [6, 6.07) is 19.2. The van der Waals surface area contributed by atoms with Crippen molar-refractivity contribution in [3.05, 3.63) is 106 Å². The molecule has 0 aliphatic carbocycles. The Morgan fingerprint density at radius 1 is 0.973 bits per heavy atom. The molecule has 0 saturated carbocycles. The van der Waals surface area contributed by atoms with Crippen molar-refractivity contribution in [2.45, 2.75) is 12.8 Å². The fourth-order valence-electron chi connectivity index (χ4n) is 3.71.